The van der Waals surface area contributed by atoms with Gasteiger partial charge in [0.1, 0.15) is 12.4 Å². The number of carbonyl (C=O) groups excluding carboxylic acids is 1. The fourth-order valence-electron chi connectivity index (χ4n) is 2.63. The van der Waals surface area contributed by atoms with Crippen molar-refractivity contribution in [2.45, 2.75) is 25.4 Å². The van der Waals surface area contributed by atoms with Gasteiger partial charge in [-0.25, -0.2) is 4.39 Å². The Balaban J connectivity index is 1.61. The van der Waals surface area contributed by atoms with Crippen molar-refractivity contribution in [3.63, 3.8) is 0 Å². The Bertz CT molecular complexity index is 674. The van der Waals surface area contributed by atoms with E-state index in [1.165, 1.54) is 12.1 Å². The van der Waals surface area contributed by atoms with Crippen LogP contribution in [0.4, 0.5) is 4.39 Å². The second-order valence-electron chi connectivity index (χ2n) is 5.34. The van der Waals surface area contributed by atoms with Crippen LogP contribution in [0.2, 0.25) is 0 Å². The van der Waals surface area contributed by atoms with Crippen LogP contribution in [0.15, 0.2) is 28.8 Å². The lowest BCUT2D eigenvalue weighted by Crippen LogP contribution is -2.30. The number of aromatic nitrogens is 2. The third kappa shape index (κ3) is 3.14. The second kappa shape index (κ2) is 6.23. The summed E-state index contributed by atoms with van der Waals surface area (Å²) >= 11 is 0. The molecule has 1 unspecified atom stereocenters. The summed E-state index contributed by atoms with van der Waals surface area (Å²) in [5, 5.41) is 12.8. The topological polar surface area (TPSA) is 79.5 Å². The standard InChI is InChI=1S/C15H16FN3O3/c16-12-3-1-2-10(6-12)7-14(21)19-5-4-11(8-19)15-17-13(9-20)22-18-15/h1-3,6,11,20H,4-5,7-9H2. The molecule has 0 bridgehead atoms. The molecule has 2 aromatic rings. The summed E-state index contributed by atoms with van der Waals surface area (Å²) in [6.45, 7) is 0.836. The summed E-state index contributed by atoms with van der Waals surface area (Å²) in [5.74, 6) is 0.331. The predicted molar refractivity (Wildman–Crippen MR) is 74.3 cm³/mol. The summed E-state index contributed by atoms with van der Waals surface area (Å²) in [6, 6.07) is 6.06. The van der Waals surface area contributed by atoms with E-state index in [4.69, 9.17) is 9.63 Å². The molecule has 0 aliphatic carbocycles. The Labute approximate surface area is 126 Å². The SMILES string of the molecule is O=C(Cc1cccc(F)c1)N1CCC(c2noc(CO)n2)C1. The molecule has 1 aliphatic rings. The van der Waals surface area contributed by atoms with Crippen molar-refractivity contribution in [1.29, 1.82) is 0 Å². The number of hydrogen-bond donors (Lipinski definition) is 1. The average Bonchev–Trinajstić information content (AvgIpc) is 3.16. The van der Waals surface area contributed by atoms with Gasteiger partial charge in [0.15, 0.2) is 5.82 Å². The molecule has 22 heavy (non-hydrogen) atoms. The number of benzene rings is 1. The van der Waals surface area contributed by atoms with Crippen LogP contribution in [0.5, 0.6) is 0 Å². The van der Waals surface area contributed by atoms with Crippen molar-refractivity contribution in [3.8, 4) is 0 Å². The number of halogens is 1. The highest BCUT2D eigenvalue weighted by Crippen LogP contribution is 2.25. The van der Waals surface area contributed by atoms with Gasteiger partial charge < -0.3 is 14.5 Å². The van der Waals surface area contributed by atoms with E-state index < -0.39 is 0 Å². The molecule has 1 fully saturated rings. The molecule has 1 aliphatic heterocycles. The number of aliphatic hydroxyl groups excluding tert-OH is 1. The lowest BCUT2D eigenvalue weighted by Gasteiger charge is -2.15. The first-order valence-electron chi connectivity index (χ1n) is 7.11. The minimum Gasteiger partial charge on any atom is -0.387 e. The average molecular weight is 305 g/mol. The summed E-state index contributed by atoms with van der Waals surface area (Å²) in [4.78, 5) is 18.1. The zero-order valence-electron chi connectivity index (χ0n) is 11.9. The number of nitrogens with zero attached hydrogens (tertiary/aromatic N) is 3. The van der Waals surface area contributed by atoms with Gasteiger partial charge in [-0.3, -0.25) is 4.79 Å². The maximum Gasteiger partial charge on any atom is 0.252 e. The van der Waals surface area contributed by atoms with E-state index in [2.05, 4.69) is 10.1 Å². The van der Waals surface area contributed by atoms with Gasteiger partial charge >= 0.3 is 0 Å². The van der Waals surface area contributed by atoms with Crippen LogP contribution < -0.4 is 0 Å². The monoisotopic (exact) mass is 305 g/mol. The van der Waals surface area contributed by atoms with Crippen LogP contribution in [-0.2, 0) is 17.8 Å². The molecule has 0 spiro atoms. The van der Waals surface area contributed by atoms with Crippen LogP contribution in [0.3, 0.4) is 0 Å². The summed E-state index contributed by atoms with van der Waals surface area (Å²) in [6.07, 6.45) is 0.928. The lowest BCUT2D eigenvalue weighted by molar-refractivity contribution is -0.129. The fourth-order valence-corrected chi connectivity index (χ4v) is 2.63. The Kier molecular flexibility index (Phi) is 4.15. The highest BCUT2D eigenvalue weighted by atomic mass is 19.1. The third-order valence-corrected chi connectivity index (χ3v) is 3.77. The lowest BCUT2D eigenvalue weighted by atomic mass is 10.1. The molecule has 1 aromatic heterocycles. The molecule has 1 N–H and O–H groups in total. The molecule has 7 heteroatoms. The molecule has 2 heterocycles. The van der Waals surface area contributed by atoms with E-state index in [0.29, 0.717) is 24.5 Å². The molecule has 0 radical (unpaired) electrons. The normalized spacial score (nSPS) is 17.9. The number of rotatable bonds is 4. The first-order chi connectivity index (χ1) is 10.7. The van der Waals surface area contributed by atoms with E-state index in [1.807, 2.05) is 0 Å². The Morgan fingerprint density at radius 3 is 3.09 bits per heavy atom. The quantitative estimate of drug-likeness (QED) is 0.920. The molecule has 1 aromatic carbocycles. The summed E-state index contributed by atoms with van der Waals surface area (Å²) < 4.78 is 18.0. The highest BCUT2D eigenvalue weighted by molar-refractivity contribution is 5.79. The van der Waals surface area contributed by atoms with Gasteiger partial charge in [0.2, 0.25) is 5.91 Å². The number of carbonyl (C=O) groups is 1. The number of likely N-dealkylation sites (tertiary alicyclic amines) is 1. The Morgan fingerprint density at radius 1 is 1.50 bits per heavy atom. The van der Waals surface area contributed by atoms with Crippen LogP contribution in [-0.4, -0.2) is 39.1 Å². The molecule has 116 valence electrons. The van der Waals surface area contributed by atoms with E-state index >= 15 is 0 Å². The van der Waals surface area contributed by atoms with Crippen molar-refractivity contribution < 1.29 is 18.8 Å². The predicted octanol–water partition coefficient (Wildman–Crippen LogP) is 1.26. The van der Waals surface area contributed by atoms with Crippen LogP contribution in [0.25, 0.3) is 0 Å². The molecule has 1 amide bonds. The maximum atomic E-state index is 13.1. The number of aliphatic hydroxyl groups is 1. The van der Waals surface area contributed by atoms with E-state index in [1.54, 1.807) is 17.0 Å². The van der Waals surface area contributed by atoms with Gasteiger partial charge in [0.05, 0.1) is 6.42 Å². The Morgan fingerprint density at radius 2 is 2.36 bits per heavy atom. The van der Waals surface area contributed by atoms with Crippen LogP contribution in [0, 0.1) is 5.82 Å². The van der Waals surface area contributed by atoms with Crippen LogP contribution in [0.1, 0.15) is 29.6 Å². The molecule has 1 atom stereocenters. The first kappa shape index (κ1) is 14.6. The van der Waals surface area contributed by atoms with Crippen molar-refractivity contribution >= 4 is 5.91 Å². The van der Waals surface area contributed by atoms with Gasteiger partial charge in [-0.1, -0.05) is 17.3 Å². The fraction of sp³-hybridized carbons (Fsp3) is 0.400. The van der Waals surface area contributed by atoms with E-state index in [9.17, 15) is 9.18 Å². The van der Waals surface area contributed by atoms with Gasteiger partial charge in [0, 0.05) is 19.0 Å². The van der Waals surface area contributed by atoms with Crippen molar-refractivity contribution in [2.75, 3.05) is 13.1 Å². The second-order valence-corrected chi connectivity index (χ2v) is 5.34. The summed E-state index contributed by atoms with van der Waals surface area (Å²) in [5.41, 5.74) is 0.663. The molecule has 3 rings (SSSR count). The number of amides is 1. The van der Waals surface area contributed by atoms with Crippen molar-refractivity contribution in [2.24, 2.45) is 0 Å². The number of hydrogen-bond acceptors (Lipinski definition) is 5. The largest absolute Gasteiger partial charge is 0.387 e. The molecular formula is C15H16FN3O3. The first-order valence-corrected chi connectivity index (χ1v) is 7.11. The highest BCUT2D eigenvalue weighted by Gasteiger charge is 2.30. The van der Waals surface area contributed by atoms with Gasteiger partial charge in [0.25, 0.3) is 5.89 Å². The maximum absolute atomic E-state index is 13.1. The van der Waals surface area contributed by atoms with Gasteiger partial charge in [-0.2, -0.15) is 4.98 Å². The van der Waals surface area contributed by atoms with E-state index in [0.717, 1.165) is 6.42 Å². The molecule has 1 saturated heterocycles. The smallest absolute Gasteiger partial charge is 0.252 e. The zero-order valence-corrected chi connectivity index (χ0v) is 11.9. The van der Waals surface area contributed by atoms with Gasteiger partial charge in [-0.15, -0.1) is 0 Å². The van der Waals surface area contributed by atoms with Gasteiger partial charge in [-0.05, 0) is 24.1 Å². The van der Waals surface area contributed by atoms with E-state index in [-0.39, 0.29) is 36.6 Å². The van der Waals surface area contributed by atoms with Crippen molar-refractivity contribution in [3.05, 3.63) is 47.4 Å². The van der Waals surface area contributed by atoms with Crippen molar-refractivity contribution in [1.82, 2.24) is 15.0 Å². The molecule has 0 saturated carbocycles. The minimum absolute atomic E-state index is 0.0144. The Hall–Kier alpha value is -2.28. The summed E-state index contributed by atoms with van der Waals surface area (Å²) in [7, 11) is 0. The zero-order chi connectivity index (χ0) is 15.5. The molecule has 6 nitrogen and oxygen atoms in total. The molecular weight excluding hydrogens is 289 g/mol. The third-order valence-electron chi connectivity index (χ3n) is 3.77. The van der Waals surface area contributed by atoms with Crippen LogP contribution >= 0.6 is 0 Å². The minimum atomic E-state index is -0.340.